The molecule has 2 atom stereocenters. The molecule has 1 aromatic rings. The van der Waals surface area contributed by atoms with Gasteiger partial charge in [0.1, 0.15) is 0 Å². The number of nitro benzene ring substituents is 1. The van der Waals surface area contributed by atoms with Crippen LogP contribution in [0.15, 0.2) is 23.3 Å². The average Bonchev–Trinajstić information content (AvgIpc) is 2.98. The first-order valence-electron chi connectivity index (χ1n) is 8.85. The smallest absolute Gasteiger partial charge is 0.338 e. The molecule has 2 saturated carbocycles. The lowest BCUT2D eigenvalue weighted by Gasteiger charge is -2.34. The van der Waals surface area contributed by atoms with Gasteiger partial charge in [-0.1, -0.05) is 20.8 Å². The lowest BCUT2D eigenvalue weighted by atomic mass is 9.70. The summed E-state index contributed by atoms with van der Waals surface area (Å²) in [5.74, 6) is -0.802. The highest BCUT2D eigenvalue weighted by Gasteiger charge is 2.60. The average molecular weight is 373 g/mol. The Morgan fingerprint density at radius 3 is 2.44 bits per heavy atom. The minimum absolute atomic E-state index is 0.0125. The Morgan fingerprint density at radius 1 is 1.26 bits per heavy atom. The number of fused-ring (bicyclic) bond motifs is 2. The van der Waals surface area contributed by atoms with Crippen LogP contribution in [0.1, 0.15) is 60.7 Å². The van der Waals surface area contributed by atoms with Crippen molar-refractivity contribution in [2.24, 2.45) is 21.8 Å². The molecule has 1 aromatic carbocycles. The minimum Gasteiger partial charge on any atom is -0.465 e. The Morgan fingerprint density at radius 2 is 1.93 bits per heavy atom. The van der Waals surface area contributed by atoms with Crippen molar-refractivity contribution in [3.8, 4) is 0 Å². The molecule has 0 saturated heterocycles. The lowest BCUT2D eigenvalue weighted by molar-refractivity contribution is -0.384. The summed E-state index contributed by atoms with van der Waals surface area (Å²) in [5, 5.41) is 15.5. The van der Waals surface area contributed by atoms with Gasteiger partial charge < -0.3 is 4.74 Å². The Labute approximate surface area is 157 Å². The van der Waals surface area contributed by atoms with E-state index in [4.69, 9.17) is 0 Å². The molecule has 2 fully saturated rings. The second-order valence-corrected chi connectivity index (χ2v) is 8.01. The van der Waals surface area contributed by atoms with Crippen LogP contribution in [0.25, 0.3) is 0 Å². The quantitative estimate of drug-likeness (QED) is 0.494. The lowest BCUT2D eigenvalue weighted by Crippen LogP contribution is -2.34. The van der Waals surface area contributed by atoms with Gasteiger partial charge in [-0.3, -0.25) is 14.9 Å². The van der Waals surface area contributed by atoms with Crippen molar-refractivity contribution >= 4 is 23.3 Å². The monoisotopic (exact) mass is 373 g/mol. The Kier molecular flexibility index (Phi) is 4.53. The summed E-state index contributed by atoms with van der Waals surface area (Å²) in [7, 11) is 1.17. The van der Waals surface area contributed by atoms with Crippen LogP contribution in [0.2, 0.25) is 0 Å². The molecule has 3 rings (SSSR count). The molecule has 1 N–H and O–H groups in total. The number of nitro groups is 1. The second kappa shape index (κ2) is 6.44. The van der Waals surface area contributed by atoms with Crippen LogP contribution >= 0.6 is 0 Å². The topological polar surface area (TPSA) is 111 Å². The first-order chi connectivity index (χ1) is 12.6. The van der Waals surface area contributed by atoms with Crippen molar-refractivity contribution in [1.29, 1.82) is 0 Å². The van der Waals surface area contributed by atoms with E-state index in [0.29, 0.717) is 5.92 Å². The van der Waals surface area contributed by atoms with Crippen molar-refractivity contribution in [3.63, 3.8) is 0 Å². The van der Waals surface area contributed by atoms with Gasteiger partial charge in [-0.25, -0.2) is 10.2 Å². The third-order valence-corrected chi connectivity index (χ3v) is 6.62. The summed E-state index contributed by atoms with van der Waals surface area (Å²) in [6, 6.07) is 3.46. The molecule has 0 unspecified atom stereocenters. The zero-order chi connectivity index (χ0) is 20.0. The molecule has 8 nitrogen and oxygen atoms in total. The van der Waals surface area contributed by atoms with E-state index in [1.807, 2.05) is 0 Å². The van der Waals surface area contributed by atoms with Crippen LogP contribution in [0.5, 0.6) is 0 Å². The fourth-order valence-corrected chi connectivity index (χ4v) is 4.36. The number of hydrogen-bond acceptors (Lipinski definition) is 6. The first-order valence-corrected chi connectivity index (χ1v) is 8.85. The molecular weight excluding hydrogens is 350 g/mol. The number of rotatable bonds is 4. The van der Waals surface area contributed by atoms with Crippen molar-refractivity contribution in [2.75, 3.05) is 7.11 Å². The van der Waals surface area contributed by atoms with Gasteiger partial charge in [-0.05, 0) is 36.7 Å². The van der Waals surface area contributed by atoms with Crippen molar-refractivity contribution in [3.05, 3.63) is 39.4 Å². The highest BCUT2D eigenvalue weighted by Crippen LogP contribution is 2.63. The van der Waals surface area contributed by atoms with Crippen LogP contribution in [-0.2, 0) is 4.74 Å². The van der Waals surface area contributed by atoms with E-state index < -0.39 is 16.8 Å². The molecule has 2 bridgehead atoms. The summed E-state index contributed by atoms with van der Waals surface area (Å²) < 4.78 is 4.60. The van der Waals surface area contributed by atoms with Crippen LogP contribution in [0.3, 0.4) is 0 Å². The third kappa shape index (κ3) is 2.98. The van der Waals surface area contributed by atoms with Crippen molar-refractivity contribution < 1.29 is 19.2 Å². The predicted molar refractivity (Wildman–Crippen MR) is 98.6 cm³/mol. The molecular formula is C19H23N3O5. The van der Waals surface area contributed by atoms with E-state index in [-0.39, 0.29) is 27.6 Å². The highest BCUT2D eigenvalue weighted by molar-refractivity contribution is 6.00. The number of ether oxygens (including phenoxy) is 1. The van der Waals surface area contributed by atoms with Crippen LogP contribution < -0.4 is 5.43 Å². The Balaban J connectivity index is 1.86. The maximum absolute atomic E-state index is 12.5. The summed E-state index contributed by atoms with van der Waals surface area (Å²) in [4.78, 5) is 34.7. The molecule has 0 aliphatic heterocycles. The maximum atomic E-state index is 12.5. The predicted octanol–water partition coefficient (Wildman–Crippen LogP) is 3.31. The fraction of sp³-hybridized carbons (Fsp3) is 0.526. The number of amides is 1. The normalized spacial score (nSPS) is 26.8. The van der Waals surface area contributed by atoms with Gasteiger partial charge in [0.15, 0.2) is 0 Å². The van der Waals surface area contributed by atoms with Gasteiger partial charge in [0.05, 0.1) is 17.6 Å². The Hall–Kier alpha value is -2.77. The number of hydrogen-bond donors (Lipinski definition) is 1. The molecule has 2 aliphatic carbocycles. The molecule has 144 valence electrons. The van der Waals surface area contributed by atoms with Gasteiger partial charge in [-0.15, -0.1) is 0 Å². The van der Waals surface area contributed by atoms with Gasteiger partial charge in [0, 0.05) is 28.8 Å². The van der Waals surface area contributed by atoms with E-state index >= 15 is 0 Å². The van der Waals surface area contributed by atoms with Crippen molar-refractivity contribution in [2.45, 2.75) is 40.0 Å². The molecule has 0 aromatic heterocycles. The number of nitrogens with one attached hydrogen (secondary N) is 1. The second-order valence-electron chi connectivity index (χ2n) is 8.01. The van der Waals surface area contributed by atoms with E-state index in [1.54, 1.807) is 0 Å². The first kappa shape index (κ1) is 19.0. The van der Waals surface area contributed by atoms with Crippen molar-refractivity contribution in [1.82, 2.24) is 5.43 Å². The minimum atomic E-state index is -0.749. The summed E-state index contributed by atoms with van der Waals surface area (Å²) in [6.07, 6.45) is 3.03. The van der Waals surface area contributed by atoms with Gasteiger partial charge in [-0.2, -0.15) is 5.10 Å². The molecule has 8 heteroatoms. The molecule has 0 heterocycles. The molecule has 0 spiro atoms. The molecule has 27 heavy (non-hydrogen) atoms. The SMILES string of the molecule is COC(=O)c1cc(C(=O)N/N=C2/C[C@H]3CC[C@@]2(C)C3(C)C)cc([N+](=O)[O-])c1. The number of non-ortho nitro benzene ring substituents is 1. The van der Waals surface area contributed by atoms with Gasteiger partial charge >= 0.3 is 5.97 Å². The number of carbonyl (C=O) groups is 2. The van der Waals surface area contributed by atoms with E-state index in [9.17, 15) is 19.7 Å². The van der Waals surface area contributed by atoms with E-state index in [0.717, 1.165) is 37.1 Å². The van der Waals surface area contributed by atoms with E-state index in [1.165, 1.54) is 13.2 Å². The van der Waals surface area contributed by atoms with Crippen LogP contribution in [0.4, 0.5) is 5.69 Å². The highest BCUT2D eigenvalue weighted by atomic mass is 16.6. The number of hydrazone groups is 1. The van der Waals surface area contributed by atoms with Crippen LogP contribution in [-0.4, -0.2) is 29.6 Å². The number of carbonyl (C=O) groups excluding carboxylic acids is 2. The largest absolute Gasteiger partial charge is 0.465 e. The maximum Gasteiger partial charge on any atom is 0.338 e. The molecule has 0 radical (unpaired) electrons. The fourth-order valence-electron chi connectivity index (χ4n) is 4.36. The standard InChI is InChI=1S/C19H23N3O5/c1-18(2)13-5-6-19(18,3)15(10-13)20-21-16(23)11-7-12(17(24)27-4)9-14(8-11)22(25)26/h7-9,13H,5-6,10H2,1-4H3,(H,21,23)/b20-15-/t13-,19-/m1/s1. The zero-order valence-electron chi connectivity index (χ0n) is 15.9. The molecule has 2 aliphatic rings. The van der Waals surface area contributed by atoms with Gasteiger partial charge in [0.25, 0.3) is 11.6 Å². The van der Waals surface area contributed by atoms with Crippen LogP contribution in [0, 0.1) is 26.9 Å². The number of methoxy groups -OCH3 is 1. The summed E-state index contributed by atoms with van der Waals surface area (Å²) in [6.45, 7) is 6.64. The summed E-state index contributed by atoms with van der Waals surface area (Å²) in [5.41, 5.74) is 3.10. The van der Waals surface area contributed by atoms with E-state index in [2.05, 4.69) is 36.0 Å². The third-order valence-electron chi connectivity index (χ3n) is 6.62. The molecule has 1 amide bonds. The summed E-state index contributed by atoms with van der Waals surface area (Å²) >= 11 is 0. The Bertz CT molecular complexity index is 861. The number of esters is 1. The zero-order valence-corrected chi connectivity index (χ0v) is 15.9. The number of nitrogens with zero attached hydrogens (tertiary/aromatic N) is 2. The van der Waals surface area contributed by atoms with Gasteiger partial charge in [0.2, 0.25) is 0 Å². The number of benzene rings is 1.